The molecule has 1 atom stereocenters. The smallest absolute Gasteiger partial charge is 0.249 e. The Balaban J connectivity index is 1.64. The molecule has 4 rings (SSSR count). The van der Waals surface area contributed by atoms with Gasteiger partial charge in [0.15, 0.2) is 0 Å². The van der Waals surface area contributed by atoms with E-state index in [9.17, 15) is 14.0 Å². The van der Waals surface area contributed by atoms with Gasteiger partial charge in [0, 0.05) is 11.6 Å². The molecule has 0 saturated carbocycles. The zero-order valence-corrected chi connectivity index (χ0v) is 15.0. The van der Waals surface area contributed by atoms with Crippen LogP contribution in [0, 0.1) is 5.82 Å². The van der Waals surface area contributed by atoms with Crippen LogP contribution in [-0.4, -0.2) is 28.7 Å². The molecule has 0 radical (unpaired) electrons. The molecule has 0 unspecified atom stereocenters. The summed E-state index contributed by atoms with van der Waals surface area (Å²) in [5.74, 6) is -0.234. The van der Waals surface area contributed by atoms with Crippen LogP contribution in [-0.2, 0) is 9.59 Å². The molecule has 28 heavy (non-hydrogen) atoms. The highest BCUT2D eigenvalue weighted by molar-refractivity contribution is 6.01. The normalized spacial score (nSPS) is 15.5. The third kappa shape index (κ3) is 3.32. The summed E-state index contributed by atoms with van der Waals surface area (Å²) in [6, 6.07) is 14.0. The van der Waals surface area contributed by atoms with Crippen molar-refractivity contribution in [1.82, 2.24) is 9.78 Å². The number of carbonyl (C=O) groups excluding carboxylic acids is 2. The number of halogens is 1. The Kier molecular flexibility index (Phi) is 4.52. The molecule has 2 N–H and O–H groups in total. The lowest BCUT2D eigenvalue weighted by molar-refractivity contribution is -0.125. The summed E-state index contributed by atoms with van der Waals surface area (Å²) in [4.78, 5) is 24.8. The molecule has 3 aromatic rings. The first-order valence-electron chi connectivity index (χ1n) is 8.64. The number of amides is 2. The van der Waals surface area contributed by atoms with E-state index in [1.165, 1.54) is 22.9 Å². The number of rotatable bonds is 4. The second-order valence-electron chi connectivity index (χ2n) is 6.33. The molecule has 2 aromatic carbocycles. The average molecular weight is 380 g/mol. The summed E-state index contributed by atoms with van der Waals surface area (Å²) in [6.07, 6.45) is -0.0863. The van der Waals surface area contributed by atoms with Gasteiger partial charge in [-0.3, -0.25) is 9.59 Å². The van der Waals surface area contributed by atoms with E-state index >= 15 is 0 Å². The first-order valence-corrected chi connectivity index (χ1v) is 8.64. The van der Waals surface area contributed by atoms with Gasteiger partial charge >= 0.3 is 0 Å². The largest absolute Gasteiger partial charge is 0.497 e. The monoisotopic (exact) mass is 380 g/mol. The van der Waals surface area contributed by atoms with Crippen molar-refractivity contribution in [3.63, 3.8) is 0 Å². The molecular weight excluding hydrogens is 363 g/mol. The van der Waals surface area contributed by atoms with Gasteiger partial charge in [-0.1, -0.05) is 12.1 Å². The Morgan fingerprint density at radius 2 is 2.00 bits per heavy atom. The van der Waals surface area contributed by atoms with Gasteiger partial charge in [-0.05, 0) is 36.4 Å². The number of anilines is 2. The summed E-state index contributed by atoms with van der Waals surface area (Å²) in [5.41, 5.74) is 1.47. The Morgan fingerprint density at radius 1 is 1.25 bits per heavy atom. The van der Waals surface area contributed by atoms with Crippen LogP contribution < -0.4 is 15.4 Å². The van der Waals surface area contributed by atoms with E-state index in [4.69, 9.17) is 4.74 Å². The van der Waals surface area contributed by atoms with Crippen molar-refractivity contribution in [3.8, 4) is 17.0 Å². The van der Waals surface area contributed by atoms with Crippen LogP contribution in [0.25, 0.3) is 11.3 Å². The van der Waals surface area contributed by atoms with Crippen LogP contribution in [0.1, 0.15) is 12.5 Å². The molecule has 0 aliphatic carbocycles. The Labute approximate surface area is 160 Å². The average Bonchev–Trinajstić information content (AvgIpc) is 3.13. The lowest BCUT2D eigenvalue weighted by Gasteiger charge is -2.23. The lowest BCUT2D eigenvalue weighted by Crippen LogP contribution is -2.35. The minimum atomic E-state index is -0.879. The number of methoxy groups -OCH3 is 1. The van der Waals surface area contributed by atoms with Crippen LogP contribution in [0.2, 0.25) is 0 Å². The number of hydrogen-bond acceptors (Lipinski definition) is 4. The summed E-state index contributed by atoms with van der Waals surface area (Å²) >= 11 is 0. The molecule has 8 heteroatoms. The molecule has 2 heterocycles. The standard InChI is InChI=1S/C20H17FN4O3/c1-28-13-8-6-12(7-9-13)16-10-18-23-19(26)11-17(25(18)24-16)20(27)22-15-5-3-2-4-14(15)21/h2-10,17H,11H2,1H3,(H,22,27)(H,23,26)/t17-/m0/s1. The van der Waals surface area contributed by atoms with Crippen molar-refractivity contribution in [3.05, 3.63) is 60.4 Å². The quantitative estimate of drug-likeness (QED) is 0.728. The Bertz CT molecular complexity index is 1050. The summed E-state index contributed by atoms with van der Waals surface area (Å²) in [5, 5.41) is 9.73. The van der Waals surface area contributed by atoms with Gasteiger partial charge in [0.1, 0.15) is 23.4 Å². The minimum Gasteiger partial charge on any atom is -0.497 e. The Hall–Kier alpha value is -3.68. The van der Waals surface area contributed by atoms with Crippen molar-refractivity contribution in [2.45, 2.75) is 12.5 Å². The minimum absolute atomic E-state index is 0.0579. The van der Waals surface area contributed by atoms with Crippen molar-refractivity contribution in [2.75, 3.05) is 17.7 Å². The third-order valence-electron chi connectivity index (χ3n) is 4.50. The van der Waals surface area contributed by atoms with Crippen LogP contribution in [0.4, 0.5) is 15.9 Å². The number of aromatic nitrogens is 2. The fraction of sp³-hybridized carbons (Fsp3) is 0.150. The van der Waals surface area contributed by atoms with Crippen LogP contribution in [0.5, 0.6) is 5.75 Å². The number of benzene rings is 2. The van der Waals surface area contributed by atoms with Gasteiger partial charge in [-0.25, -0.2) is 9.07 Å². The molecule has 0 fully saturated rings. The zero-order chi connectivity index (χ0) is 19.7. The van der Waals surface area contributed by atoms with Gasteiger partial charge in [0.2, 0.25) is 11.8 Å². The highest BCUT2D eigenvalue weighted by Crippen LogP contribution is 2.31. The maximum atomic E-state index is 13.9. The maximum absolute atomic E-state index is 13.9. The van der Waals surface area contributed by atoms with Gasteiger partial charge < -0.3 is 15.4 Å². The predicted molar refractivity (Wildman–Crippen MR) is 102 cm³/mol. The van der Waals surface area contributed by atoms with E-state index in [-0.39, 0.29) is 18.0 Å². The predicted octanol–water partition coefficient (Wildman–Crippen LogP) is 3.22. The third-order valence-corrected chi connectivity index (χ3v) is 4.50. The van der Waals surface area contributed by atoms with E-state index in [2.05, 4.69) is 15.7 Å². The summed E-state index contributed by atoms with van der Waals surface area (Å²) < 4.78 is 20.5. The molecule has 7 nitrogen and oxygen atoms in total. The number of nitrogens with zero attached hydrogens (tertiary/aromatic N) is 2. The molecule has 0 spiro atoms. The number of para-hydroxylation sites is 1. The van der Waals surface area contributed by atoms with Gasteiger partial charge in [-0.2, -0.15) is 5.10 Å². The number of fused-ring (bicyclic) bond motifs is 1. The molecule has 1 aromatic heterocycles. The van der Waals surface area contributed by atoms with Gasteiger partial charge in [0.05, 0.1) is 24.9 Å². The van der Waals surface area contributed by atoms with Crippen LogP contribution in [0.15, 0.2) is 54.6 Å². The van der Waals surface area contributed by atoms with Crippen molar-refractivity contribution in [2.24, 2.45) is 0 Å². The molecule has 1 aliphatic rings. The second-order valence-corrected chi connectivity index (χ2v) is 6.33. The first kappa shape index (κ1) is 17.7. The van der Waals surface area contributed by atoms with Crippen LogP contribution in [0.3, 0.4) is 0 Å². The SMILES string of the molecule is COc1ccc(-c2cc3n(n2)[C@H](C(=O)Nc2ccccc2F)CC(=O)N3)cc1. The molecule has 142 valence electrons. The van der Waals surface area contributed by atoms with Gasteiger partial charge in [0.25, 0.3) is 0 Å². The van der Waals surface area contributed by atoms with E-state index in [1.54, 1.807) is 31.4 Å². The van der Waals surface area contributed by atoms with Crippen LogP contribution >= 0.6 is 0 Å². The molecular formula is C20H17FN4O3. The highest BCUT2D eigenvalue weighted by Gasteiger charge is 2.32. The second kappa shape index (κ2) is 7.15. The molecule has 2 amide bonds. The van der Waals surface area contributed by atoms with E-state index in [1.807, 2.05) is 12.1 Å². The topological polar surface area (TPSA) is 85.2 Å². The highest BCUT2D eigenvalue weighted by atomic mass is 19.1. The first-order chi connectivity index (χ1) is 13.5. The Morgan fingerprint density at radius 3 is 2.71 bits per heavy atom. The van der Waals surface area contributed by atoms with Crippen molar-refractivity contribution in [1.29, 1.82) is 0 Å². The van der Waals surface area contributed by atoms with Crippen molar-refractivity contribution < 1.29 is 18.7 Å². The zero-order valence-electron chi connectivity index (χ0n) is 15.0. The fourth-order valence-electron chi connectivity index (χ4n) is 3.07. The van der Waals surface area contributed by atoms with Crippen molar-refractivity contribution >= 4 is 23.3 Å². The van der Waals surface area contributed by atoms with Gasteiger partial charge in [-0.15, -0.1) is 0 Å². The molecule has 0 saturated heterocycles. The van der Waals surface area contributed by atoms with E-state index in [0.29, 0.717) is 17.3 Å². The fourth-order valence-corrected chi connectivity index (χ4v) is 3.07. The number of ether oxygens (including phenoxy) is 1. The molecule has 0 bridgehead atoms. The van der Waals surface area contributed by atoms with E-state index < -0.39 is 17.8 Å². The number of hydrogen-bond donors (Lipinski definition) is 2. The molecule has 1 aliphatic heterocycles. The number of nitrogens with one attached hydrogen (secondary N) is 2. The summed E-state index contributed by atoms with van der Waals surface area (Å²) in [6.45, 7) is 0. The number of carbonyl (C=O) groups is 2. The lowest BCUT2D eigenvalue weighted by atomic mass is 10.1. The van der Waals surface area contributed by atoms with E-state index in [0.717, 1.165) is 5.56 Å². The maximum Gasteiger partial charge on any atom is 0.249 e. The summed E-state index contributed by atoms with van der Waals surface area (Å²) in [7, 11) is 1.58.